The number of nitrogens with zero attached hydrogens (tertiary/aromatic N) is 2. The van der Waals surface area contributed by atoms with Gasteiger partial charge in [-0.1, -0.05) is 0 Å². The van der Waals surface area contributed by atoms with E-state index in [4.69, 9.17) is 10.5 Å². The first-order valence-electron chi connectivity index (χ1n) is 6.92. The fourth-order valence-electron chi connectivity index (χ4n) is 1.90. The van der Waals surface area contributed by atoms with E-state index in [2.05, 4.69) is 0 Å². The maximum absolute atomic E-state index is 12.6. The summed E-state index contributed by atoms with van der Waals surface area (Å²) in [6.45, 7) is 3.49. The van der Waals surface area contributed by atoms with Crippen molar-refractivity contribution in [3.63, 3.8) is 0 Å². The van der Waals surface area contributed by atoms with Gasteiger partial charge >= 0.3 is 0 Å². The normalized spacial score (nSPS) is 12.1. The van der Waals surface area contributed by atoms with E-state index in [9.17, 15) is 8.42 Å². The van der Waals surface area contributed by atoms with Gasteiger partial charge in [0.05, 0.1) is 6.61 Å². The van der Waals surface area contributed by atoms with Crippen molar-refractivity contribution >= 4 is 15.7 Å². The first-order valence-corrected chi connectivity index (χ1v) is 8.36. The number of sulfonamides is 1. The molecule has 6 nitrogen and oxygen atoms in total. The van der Waals surface area contributed by atoms with Crippen molar-refractivity contribution in [3.05, 3.63) is 18.2 Å². The van der Waals surface area contributed by atoms with Gasteiger partial charge in [0.2, 0.25) is 10.0 Å². The zero-order valence-electron chi connectivity index (χ0n) is 13.2. The van der Waals surface area contributed by atoms with Gasteiger partial charge in [-0.25, -0.2) is 12.7 Å². The van der Waals surface area contributed by atoms with Crippen molar-refractivity contribution in [1.29, 1.82) is 0 Å². The molecule has 1 aromatic rings. The zero-order valence-corrected chi connectivity index (χ0v) is 14.0. The molecule has 0 radical (unpaired) electrons. The summed E-state index contributed by atoms with van der Waals surface area (Å²) in [6, 6.07) is 4.68. The number of ether oxygens (including phenoxy) is 1. The van der Waals surface area contributed by atoms with Crippen molar-refractivity contribution in [2.45, 2.75) is 18.2 Å². The molecule has 0 saturated carbocycles. The first kappa shape index (κ1) is 17.7. The minimum Gasteiger partial charge on any atom is -0.492 e. The third-order valence-corrected chi connectivity index (χ3v) is 4.91. The lowest BCUT2D eigenvalue weighted by Gasteiger charge is -2.20. The maximum Gasteiger partial charge on any atom is 0.246 e. The quantitative estimate of drug-likeness (QED) is 0.731. The fourth-order valence-corrected chi connectivity index (χ4v) is 3.27. The second-order valence-electron chi connectivity index (χ2n) is 5.12. The van der Waals surface area contributed by atoms with Crippen LogP contribution in [0.2, 0.25) is 0 Å². The predicted octanol–water partition coefficient (Wildman–Crippen LogP) is 1.24. The Morgan fingerprint density at radius 3 is 2.43 bits per heavy atom. The topological polar surface area (TPSA) is 75.9 Å². The third kappa shape index (κ3) is 4.87. The van der Waals surface area contributed by atoms with Crippen molar-refractivity contribution < 1.29 is 13.2 Å². The summed E-state index contributed by atoms with van der Waals surface area (Å²) >= 11 is 0. The van der Waals surface area contributed by atoms with Crippen molar-refractivity contribution in [2.75, 3.05) is 46.6 Å². The van der Waals surface area contributed by atoms with Gasteiger partial charge in [0.25, 0.3) is 0 Å². The van der Waals surface area contributed by atoms with Crippen molar-refractivity contribution in [1.82, 2.24) is 9.21 Å². The van der Waals surface area contributed by atoms with E-state index >= 15 is 0 Å². The molecule has 21 heavy (non-hydrogen) atoms. The molecular weight excluding hydrogens is 290 g/mol. The molecule has 0 fully saturated rings. The highest BCUT2D eigenvalue weighted by Gasteiger charge is 2.25. The van der Waals surface area contributed by atoms with Gasteiger partial charge in [0.1, 0.15) is 10.6 Å². The minimum atomic E-state index is -3.60. The van der Waals surface area contributed by atoms with Crippen LogP contribution in [0.4, 0.5) is 5.69 Å². The molecule has 0 atom stereocenters. The van der Waals surface area contributed by atoms with Crippen LogP contribution in [-0.2, 0) is 10.0 Å². The van der Waals surface area contributed by atoms with E-state index in [1.54, 1.807) is 19.2 Å². The molecule has 7 heteroatoms. The Balaban J connectivity index is 2.98. The summed E-state index contributed by atoms with van der Waals surface area (Å²) in [6.07, 6.45) is 0.759. The lowest BCUT2D eigenvalue weighted by Crippen LogP contribution is -2.30. The molecular formula is C14H25N3O3S. The smallest absolute Gasteiger partial charge is 0.246 e. The number of hydrogen-bond acceptors (Lipinski definition) is 5. The van der Waals surface area contributed by atoms with Crippen LogP contribution < -0.4 is 10.5 Å². The summed E-state index contributed by atoms with van der Waals surface area (Å²) in [5.41, 5.74) is 6.12. The number of nitrogens with two attached hydrogens (primary N) is 1. The van der Waals surface area contributed by atoms with E-state index in [1.807, 2.05) is 25.9 Å². The molecule has 0 heterocycles. The molecule has 0 saturated heterocycles. The summed E-state index contributed by atoms with van der Waals surface area (Å²) < 4.78 is 32.0. The molecule has 120 valence electrons. The Morgan fingerprint density at radius 2 is 1.86 bits per heavy atom. The summed E-state index contributed by atoms with van der Waals surface area (Å²) in [4.78, 5) is 2.14. The Morgan fingerprint density at radius 1 is 1.19 bits per heavy atom. The maximum atomic E-state index is 12.6. The van der Waals surface area contributed by atoms with Crippen LogP contribution in [0.25, 0.3) is 0 Å². The van der Waals surface area contributed by atoms with Gasteiger partial charge in [-0.15, -0.1) is 0 Å². The molecule has 0 unspecified atom stereocenters. The molecule has 0 spiro atoms. The second kappa shape index (κ2) is 7.63. The third-order valence-electron chi connectivity index (χ3n) is 3.03. The van der Waals surface area contributed by atoms with Crippen LogP contribution in [0.1, 0.15) is 13.3 Å². The van der Waals surface area contributed by atoms with Crippen LogP contribution in [0.5, 0.6) is 5.75 Å². The minimum absolute atomic E-state index is 0.122. The average Bonchev–Trinajstić information content (AvgIpc) is 2.40. The number of anilines is 1. The SMILES string of the molecule is CCOc1ccc(N)cc1S(=O)(=O)N(C)CCCN(C)C. The zero-order chi connectivity index (χ0) is 16.0. The highest BCUT2D eigenvalue weighted by atomic mass is 32.2. The van der Waals surface area contributed by atoms with E-state index < -0.39 is 10.0 Å². The van der Waals surface area contributed by atoms with Crippen LogP contribution in [-0.4, -0.2) is 58.5 Å². The largest absolute Gasteiger partial charge is 0.492 e. The van der Waals surface area contributed by atoms with Crippen LogP contribution >= 0.6 is 0 Å². The molecule has 0 aliphatic heterocycles. The van der Waals surface area contributed by atoms with Gasteiger partial charge in [-0.2, -0.15) is 0 Å². The highest BCUT2D eigenvalue weighted by molar-refractivity contribution is 7.89. The molecule has 2 N–H and O–H groups in total. The van der Waals surface area contributed by atoms with E-state index in [0.717, 1.165) is 13.0 Å². The summed E-state index contributed by atoms with van der Waals surface area (Å²) in [5.74, 6) is 0.339. The fraction of sp³-hybridized carbons (Fsp3) is 0.571. The number of hydrogen-bond donors (Lipinski definition) is 1. The Labute approximate surface area is 127 Å². The first-order chi connectivity index (χ1) is 9.78. The van der Waals surface area contributed by atoms with Gasteiger partial charge < -0.3 is 15.4 Å². The lowest BCUT2D eigenvalue weighted by atomic mass is 10.3. The van der Waals surface area contributed by atoms with Gasteiger partial charge in [-0.3, -0.25) is 0 Å². The predicted molar refractivity (Wildman–Crippen MR) is 85.0 cm³/mol. The van der Waals surface area contributed by atoms with Gasteiger partial charge in [-0.05, 0) is 52.2 Å². The van der Waals surface area contributed by atoms with Crippen LogP contribution in [0.15, 0.2) is 23.1 Å². The van der Waals surface area contributed by atoms with Crippen LogP contribution in [0, 0.1) is 0 Å². The number of benzene rings is 1. The second-order valence-corrected chi connectivity index (χ2v) is 7.14. The lowest BCUT2D eigenvalue weighted by molar-refractivity contribution is 0.329. The molecule has 0 aliphatic rings. The monoisotopic (exact) mass is 315 g/mol. The van der Waals surface area contributed by atoms with Gasteiger partial charge in [0.15, 0.2) is 0 Å². The number of nitrogen functional groups attached to an aromatic ring is 1. The van der Waals surface area contributed by atoms with Crippen LogP contribution in [0.3, 0.4) is 0 Å². The van der Waals surface area contributed by atoms with Gasteiger partial charge in [0, 0.05) is 19.3 Å². The molecule has 0 amide bonds. The standard InChI is InChI=1S/C14H25N3O3S/c1-5-20-13-8-7-12(15)11-14(13)21(18,19)17(4)10-6-9-16(2)3/h7-8,11H,5-6,9-10,15H2,1-4H3. The summed E-state index contributed by atoms with van der Waals surface area (Å²) in [7, 11) is 1.89. The highest BCUT2D eigenvalue weighted by Crippen LogP contribution is 2.28. The summed E-state index contributed by atoms with van der Waals surface area (Å²) in [5, 5.41) is 0. The average molecular weight is 315 g/mol. The Kier molecular flexibility index (Phi) is 6.44. The van der Waals surface area contributed by atoms with E-state index in [-0.39, 0.29) is 4.90 Å². The molecule has 1 rings (SSSR count). The number of rotatable bonds is 8. The van der Waals surface area contributed by atoms with E-state index in [1.165, 1.54) is 10.4 Å². The Hall–Kier alpha value is -1.31. The molecule has 1 aromatic carbocycles. The molecule has 0 bridgehead atoms. The Bertz CT molecular complexity index is 559. The van der Waals surface area contributed by atoms with Crippen molar-refractivity contribution in [3.8, 4) is 5.75 Å². The molecule has 0 aliphatic carbocycles. The van der Waals surface area contributed by atoms with E-state index in [0.29, 0.717) is 24.6 Å². The molecule has 0 aromatic heterocycles. The van der Waals surface area contributed by atoms with Crippen molar-refractivity contribution in [2.24, 2.45) is 0 Å².